The summed E-state index contributed by atoms with van der Waals surface area (Å²) in [6.45, 7) is 0.459. The van der Waals surface area contributed by atoms with E-state index in [2.05, 4.69) is 30.8 Å². The molecule has 2 heterocycles. The summed E-state index contributed by atoms with van der Waals surface area (Å²) >= 11 is 0. The molecule has 0 unspecified atom stereocenters. The largest absolute Gasteiger partial charge is 0.337 e. The Morgan fingerprint density at radius 2 is 2.00 bits per heavy atom. The molecule has 1 aromatic carbocycles. The fraction of sp³-hybridized carbons (Fsp3) is 0.125. The first-order valence-electron chi connectivity index (χ1n) is 7.23. The summed E-state index contributed by atoms with van der Waals surface area (Å²) in [5.41, 5.74) is 1.60. The number of amides is 2. The molecular weight excluding hydrogens is 292 g/mol. The van der Waals surface area contributed by atoms with Crippen molar-refractivity contribution in [1.82, 2.24) is 25.5 Å². The Hall–Kier alpha value is -3.22. The maximum Gasteiger partial charge on any atom is 0.319 e. The van der Waals surface area contributed by atoms with Gasteiger partial charge in [-0.3, -0.25) is 10.1 Å². The van der Waals surface area contributed by atoms with Crippen LogP contribution in [0.4, 0.5) is 10.5 Å². The second-order valence-corrected chi connectivity index (χ2v) is 4.84. The number of H-pyrrole nitrogens is 1. The number of nitrogens with zero attached hydrogens (tertiary/aromatic N) is 3. The lowest BCUT2D eigenvalue weighted by molar-refractivity contribution is 0.252. The molecule has 0 saturated carbocycles. The average Bonchev–Trinajstić information content (AvgIpc) is 3.05. The zero-order valence-corrected chi connectivity index (χ0v) is 12.4. The fourth-order valence-corrected chi connectivity index (χ4v) is 2.02. The Balaban J connectivity index is 1.48. The van der Waals surface area contributed by atoms with Crippen molar-refractivity contribution < 1.29 is 4.79 Å². The van der Waals surface area contributed by atoms with Gasteiger partial charge in [0.2, 0.25) is 0 Å². The minimum absolute atomic E-state index is 0.247. The molecule has 116 valence electrons. The first kappa shape index (κ1) is 14.7. The van der Waals surface area contributed by atoms with Crippen LogP contribution in [0.1, 0.15) is 5.82 Å². The highest BCUT2D eigenvalue weighted by molar-refractivity contribution is 5.89. The number of aromatic amines is 1. The molecule has 3 aromatic rings. The van der Waals surface area contributed by atoms with Gasteiger partial charge in [0.15, 0.2) is 5.82 Å². The average molecular weight is 308 g/mol. The molecule has 0 aliphatic heterocycles. The maximum atomic E-state index is 11.8. The third-order valence-electron chi connectivity index (χ3n) is 3.13. The molecule has 0 atom stereocenters. The summed E-state index contributed by atoms with van der Waals surface area (Å²) in [5, 5.41) is 12.5. The van der Waals surface area contributed by atoms with E-state index in [4.69, 9.17) is 0 Å². The molecule has 23 heavy (non-hydrogen) atoms. The first-order chi connectivity index (χ1) is 11.3. The van der Waals surface area contributed by atoms with Crippen molar-refractivity contribution >= 4 is 11.7 Å². The Morgan fingerprint density at radius 3 is 2.78 bits per heavy atom. The summed E-state index contributed by atoms with van der Waals surface area (Å²) in [5.74, 6) is 1.31. The maximum absolute atomic E-state index is 11.8. The molecule has 0 aliphatic carbocycles. The number of aromatic nitrogens is 4. The number of urea groups is 1. The lowest BCUT2D eigenvalue weighted by atomic mass is 10.3. The van der Waals surface area contributed by atoms with Crippen molar-refractivity contribution in [2.24, 2.45) is 0 Å². The summed E-state index contributed by atoms with van der Waals surface area (Å²) < 4.78 is 0. The number of carbonyl (C=O) groups is 1. The lowest BCUT2D eigenvalue weighted by Crippen LogP contribution is -2.30. The number of rotatable bonds is 5. The lowest BCUT2D eigenvalue weighted by Gasteiger charge is -2.06. The Bertz CT molecular complexity index is 757. The summed E-state index contributed by atoms with van der Waals surface area (Å²) in [6, 6.07) is 12.8. The molecule has 0 radical (unpaired) electrons. The van der Waals surface area contributed by atoms with Gasteiger partial charge in [-0.1, -0.05) is 18.2 Å². The number of para-hydroxylation sites is 1. The zero-order valence-electron chi connectivity index (χ0n) is 12.4. The van der Waals surface area contributed by atoms with Crippen LogP contribution in [0.15, 0.2) is 54.9 Å². The van der Waals surface area contributed by atoms with Crippen LogP contribution in [0.2, 0.25) is 0 Å². The van der Waals surface area contributed by atoms with Crippen LogP contribution in [0.25, 0.3) is 11.4 Å². The van der Waals surface area contributed by atoms with Gasteiger partial charge in [0.05, 0.1) is 0 Å². The SMILES string of the molecule is O=C(NCCc1nc(-c2cccnc2)n[nH]1)Nc1ccccc1. The second kappa shape index (κ2) is 7.17. The van der Waals surface area contributed by atoms with Crippen molar-refractivity contribution in [3.05, 3.63) is 60.7 Å². The molecule has 0 spiro atoms. The normalized spacial score (nSPS) is 10.3. The van der Waals surface area contributed by atoms with E-state index in [0.717, 1.165) is 11.3 Å². The number of benzene rings is 1. The molecule has 3 N–H and O–H groups in total. The molecule has 7 heteroatoms. The van der Waals surface area contributed by atoms with E-state index in [1.54, 1.807) is 12.4 Å². The van der Waals surface area contributed by atoms with Gasteiger partial charge in [0, 0.05) is 36.6 Å². The Labute approximate surface area is 133 Å². The van der Waals surface area contributed by atoms with Crippen molar-refractivity contribution in [3.8, 4) is 11.4 Å². The molecular formula is C16H16N6O. The van der Waals surface area contributed by atoms with E-state index in [-0.39, 0.29) is 6.03 Å². The van der Waals surface area contributed by atoms with Gasteiger partial charge in [0.25, 0.3) is 0 Å². The van der Waals surface area contributed by atoms with Crippen LogP contribution in [-0.2, 0) is 6.42 Å². The van der Waals surface area contributed by atoms with Crippen LogP contribution in [0, 0.1) is 0 Å². The number of carbonyl (C=O) groups excluding carboxylic acids is 1. The van der Waals surface area contributed by atoms with E-state index in [1.165, 1.54) is 0 Å². The number of pyridine rings is 1. The van der Waals surface area contributed by atoms with Crippen LogP contribution >= 0.6 is 0 Å². The van der Waals surface area contributed by atoms with E-state index in [9.17, 15) is 4.79 Å². The van der Waals surface area contributed by atoms with Gasteiger partial charge in [0.1, 0.15) is 5.82 Å². The molecule has 0 aliphatic rings. The monoisotopic (exact) mass is 308 g/mol. The third kappa shape index (κ3) is 4.13. The Morgan fingerprint density at radius 1 is 1.13 bits per heavy atom. The van der Waals surface area contributed by atoms with E-state index < -0.39 is 0 Å². The van der Waals surface area contributed by atoms with Gasteiger partial charge in [-0.2, -0.15) is 5.10 Å². The number of anilines is 1. The summed E-state index contributed by atoms with van der Waals surface area (Å²) in [7, 11) is 0. The highest BCUT2D eigenvalue weighted by Crippen LogP contribution is 2.11. The van der Waals surface area contributed by atoms with Gasteiger partial charge >= 0.3 is 6.03 Å². The van der Waals surface area contributed by atoms with Gasteiger partial charge in [-0.25, -0.2) is 9.78 Å². The van der Waals surface area contributed by atoms with Gasteiger partial charge in [-0.15, -0.1) is 0 Å². The van der Waals surface area contributed by atoms with Crippen molar-refractivity contribution in [2.75, 3.05) is 11.9 Å². The smallest absolute Gasteiger partial charge is 0.319 e. The molecule has 0 saturated heterocycles. The van der Waals surface area contributed by atoms with Crippen LogP contribution in [-0.4, -0.2) is 32.7 Å². The number of hydrogen-bond acceptors (Lipinski definition) is 4. The predicted octanol–water partition coefficient (Wildman–Crippen LogP) is 2.23. The van der Waals surface area contributed by atoms with E-state index in [0.29, 0.717) is 24.6 Å². The number of nitrogens with one attached hydrogen (secondary N) is 3. The topological polar surface area (TPSA) is 95.6 Å². The molecule has 2 amide bonds. The summed E-state index contributed by atoms with van der Waals surface area (Å²) in [6.07, 6.45) is 3.97. The molecule has 3 rings (SSSR count). The Kier molecular flexibility index (Phi) is 4.58. The van der Waals surface area contributed by atoms with Crippen molar-refractivity contribution in [2.45, 2.75) is 6.42 Å². The van der Waals surface area contributed by atoms with E-state index >= 15 is 0 Å². The molecule has 2 aromatic heterocycles. The quantitative estimate of drug-likeness (QED) is 0.673. The van der Waals surface area contributed by atoms with Gasteiger partial charge in [-0.05, 0) is 24.3 Å². The standard InChI is InChI=1S/C16H16N6O/c23-16(19-13-6-2-1-3-7-13)18-10-8-14-20-15(22-21-14)12-5-4-9-17-11-12/h1-7,9,11H,8,10H2,(H2,18,19,23)(H,20,21,22). The highest BCUT2D eigenvalue weighted by atomic mass is 16.2. The van der Waals surface area contributed by atoms with Crippen LogP contribution in [0.3, 0.4) is 0 Å². The van der Waals surface area contributed by atoms with E-state index in [1.807, 2.05) is 42.5 Å². The second-order valence-electron chi connectivity index (χ2n) is 4.84. The van der Waals surface area contributed by atoms with Crippen LogP contribution < -0.4 is 10.6 Å². The van der Waals surface area contributed by atoms with Gasteiger partial charge < -0.3 is 10.6 Å². The predicted molar refractivity (Wildman–Crippen MR) is 86.8 cm³/mol. The minimum atomic E-state index is -0.247. The molecule has 0 bridgehead atoms. The highest BCUT2D eigenvalue weighted by Gasteiger charge is 2.06. The fourth-order valence-electron chi connectivity index (χ4n) is 2.02. The molecule has 0 fully saturated rings. The zero-order chi connectivity index (χ0) is 15.9. The van der Waals surface area contributed by atoms with Crippen molar-refractivity contribution in [3.63, 3.8) is 0 Å². The third-order valence-corrected chi connectivity index (χ3v) is 3.13. The minimum Gasteiger partial charge on any atom is -0.337 e. The van der Waals surface area contributed by atoms with Crippen LogP contribution in [0.5, 0.6) is 0 Å². The van der Waals surface area contributed by atoms with Crippen molar-refractivity contribution in [1.29, 1.82) is 0 Å². The number of hydrogen-bond donors (Lipinski definition) is 3. The first-order valence-corrected chi connectivity index (χ1v) is 7.23. The summed E-state index contributed by atoms with van der Waals surface area (Å²) in [4.78, 5) is 20.2. The molecule has 7 nitrogen and oxygen atoms in total.